The van der Waals surface area contributed by atoms with Gasteiger partial charge in [0, 0.05) is 18.7 Å². The molecule has 1 aliphatic heterocycles. The lowest BCUT2D eigenvalue weighted by Crippen LogP contribution is -2.27. The van der Waals surface area contributed by atoms with Crippen LogP contribution in [-0.4, -0.2) is 22.5 Å². The third-order valence-electron chi connectivity index (χ3n) is 4.92. The Morgan fingerprint density at radius 1 is 0.897 bits per heavy atom. The number of nitrogens with zero attached hydrogens (tertiary/aromatic N) is 1. The Kier molecular flexibility index (Phi) is 5.96. The van der Waals surface area contributed by atoms with E-state index in [1.54, 1.807) is 11.8 Å². The molecule has 0 aliphatic carbocycles. The molecule has 3 aromatic rings. The van der Waals surface area contributed by atoms with Gasteiger partial charge in [-0.1, -0.05) is 72.8 Å². The molecule has 0 aromatic heterocycles. The van der Waals surface area contributed by atoms with Gasteiger partial charge >= 0.3 is 0 Å². The SMILES string of the molecule is O=C(NCc1ccccc1)c1ccc([C@H]2SCC(=O)N2Cc2ccccc2)cc1. The van der Waals surface area contributed by atoms with Crippen LogP contribution in [0.3, 0.4) is 0 Å². The van der Waals surface area contributed by atoms with E-state index < -0.39 is 0 Å². The van der Waals surface area contributed by atoms with Gasteiger partial charge < -0.3 is 10.2 Å². The minimum atomic E-state index is -0.100. The standard InChI is InChI=1S/C24H22N2O2S/c27-22-17-29-24(26(22)16-19-9-5-2-6-10-19)21-13-11-20(12-14-21)23(28)25-15-18-7-3-1-4-8-18/h1-14,24H,15-17H2,(H,25,28)/t24-/m1/s1. The van der Waals surface area contributed by atoms with E-state index in [2.05, 4.69) is 5.32 Å². The Morgan fingerprint density at radius 2 is 1.52 bits per heavy atom. The van der Waals surface area contributed by atoms with Crippen LogP contribution in [0.25, 0.3) is 0 Å². The van der Waals surface area contributed by atoms with Crippen LogP contribution < -0.4 is 5.32 Å². The van der Waals surface area contributed by atoms with Crippen molar-refractivity contribution in [3.63, 3.8) is 0 Å². The zero-order valence-electron chi connectivity index (χ0n) is 16.0. The van der Waals surface area contributed by atoms with Gasteiger partial charge in [-0.15, -0.1) is 11.8 Å². The minimum Gasteiger partial charge on any atom is -0.348 e. The maximum atomic E-state index is 12.4. The van der Waals surface area contributed by atoms with E-state index in [1.165, 1.54) is 0 Å². The molecule has 1 fully saturated rings. The summed E-state index contributed by atoms with van der Waals surface area (Å²) in [4.78, 5) is 26.7. The van der Waals surface area contributed by atoms with Gasteiger partial charge in [-0.05, 0) is 28.8 Å². The van der Waals surface area contributed by atoms with Gasteiger partial charge in [0.15, 0.2) is 0 Å². The van der Waals surface area contributed by atoms with Crippen LogP contribution in [-0.2, 0) is 17.9 Å². The monoisotopic (exact) mass is 402 g/mol. The Labute approximate surface area is 174 Å². The summed E-state index contributed by atoms with van der Waals surface area (Å²) < 4.78 is 0. The molecule has 3 aromatic carbocycles. The van der Waals surface area contributed by atoms with E-state index in [-0.39, 0.29) is 17.2 Å². The number of carbonyl (C=O) groups excluding carboxylic acids is 2. The molecular formula is C24H22N2O2S. The number of hydrogen-bond acceptors (Lipinski definition) is 3. The van der Waals surface area contributed by atoms with Crippen molar-refractivity contribution in [2.24, 2.45) is 0 Å². The van der Waals surface area contributed by atoms with Crippen molar-refractivity contribution in [1.29, 1.82) is 0 Å². The fourth-order valence-electron chi connectivity index (χ4n) is 3.36. The van der Waals surface area contributed by atoms with Crippen molar-refractivity contribution in [1.82, 2.24) is 10.2 Å². The fourth-order valence-corrected chi connectivity index (χ4v) is 4.55. The highest BCUT2D eigenvalue weighted by atomic mass is 32.2. The van der Waals surface area contributed by atoms with Gasteiger partial charge in [0.2, 0.25) is 5.91 Å². The van der Waals surface area contributed by atoms with E-state index in [1.807, 2.05) is 89.8 Å². The largest absolute Gasteiger partial charge is 0.348 e. The number of hydrogen-bond donors (Lipinski definition) is 1. The first kappa shape index (κ1) is 19.3. The van der Waals surface area contributed by atoms with Gasteiger partial charge in [0.1, 0.15) is 5.37 Å². The van der Waals surface area contributed by atoms with Gasteiger partial charge in [-0.2, -0.15) is 0 Å². The lowest BCUT2D eigenvalue weighted by molar-refractivity contribution is -0.128. The molecule has 4 rings (SSSR count). The Hall–Kier alpha value is -3.05. The number of nitrogens with one attached hydrogen (secondary N) is 1. The third-order valence-corrected chi connectivity index (χ3v) is 6.17. The van der Waals surface area contributed by atoms with Crippen LogP contribution >= 0.6 is 11.8 Å². The van der Waals surface area contributed by atoms with Crippen molar-refractivity contribution in [2.45, 2.75) is 18.5 Å². The fraction of sp³-hybridized carbons (Fsp3) is 0.167. The van der Waals surface area contributed by atoms with E-state index in [9.17, 15) is 9.59 Å². The summed E-state index contributed by atoms with van der Waals surface area (Å²) in [6.07, 6.45) is 0. The highest BCUT2D eigenvalue weighted by molar-refractivity contribution is 8.00. The molecule has 29 heavy (non-hydrogen) atoms. The van der Waals surface area contributed by atoms with Crippen molar-refractivity contribution in [3.05, 3.63) is 107 Å². The maximum absolute atomic E-state index is 12.4. The van der Waals surface area contributed by atoms with E-state index >= 15 is 0 Å². The van der Waals surface area contributed by atoms with E-state index in [0.717, 1.165) is 16.7 Å². The van der Waals surface area contributed by atoms with Crippen LogP contribution in [0.4, 0.5) is 0 Å². The molecule has 2 amide bonds. The van der Waals surface area contributed by atoms with E-state index in [4.69, 9.17) is 0 Å². The van der Waals surface area contributed by atoms with Crippen LogP contribution in [0.5, 0.6) is 0 Å². The maximum Gasteiger partial charge on any atom is 0.251 e. The predicted octanol–water partition coefficient (Wildman–Crippen LogP) is 4.39. The Balaban J connectivity index is 1.42. The smallest absolute Gasteiger partial charge is 0.251 e. The quantitative estimate of drug-likeness (QED) is 0.665. The molecule has 0 radical (unpaired) electrons. The lowest BCUT2D eigenvalue weighted by Gasteiger charge is -2.24. The second-order valence-corrected chi connectivity index (χ2v) is 8.03. The predicted molar refractivity (Wildman–Crippen MR) is 116 cm³/mol. The molecule has 0 spiro atoms. The van der Waals surface area contributed by atoms with Crippen LogP contribution in [0.15, 0.2) is 84.9 Å². The third kappa shape index (κ3) is 4.69. The number of carbonyl (C=O) groups is 2. The zero-order valence-corrected chi connectivity index (χ0v) is 16.8. The summed E-state index contributed by atoms with van der Waals surface area (Å²) in [6, 6.07) is 27.4. The van der Waals surface area contributed by atoms with Crippen molar-refractivity contribution < 1.29 is 9.59 Å². The van der Waals surface area contributed by atoms with Crippen LogP contribution in [0, 0.1) is 0 Å². The lowest BCUT2D eigenvalue weighted by atomic mass is 10.1. The summed E-state index contributed by atoms with van der Waals surface area (Å²) in [5.41, 5.74) is 3.84. The summed E-state index contributed by atoms with van der Waals surface area (Å²) in [6.45, 7) is 1.09. The molecule has 1 saturated heterocycles. The molecule has 1 N–H and O–H groups in total. The number of amides is 2. The molecule has 0 unspecified atom stereocenters. The summed E-state index contributed by atoms with van der Waals surface area (Å²) in [7, 11) is 0. The van der Waals surface area contributed by atoms with Gasteiger partial charge in [0.05, 0.1) is 5.75 Å². The molecule has 0 saturated carbocycles. The molecule has 5 heteroatoms. The molecule has 4 nitrogen and oxygen atoms in total. The molecule has 0 bridgehead atoms. The zero-order chi connectivity index (χ0) is 20.1. The molecular weight excluding hydrogens is 380 g/mol. The van der Waals surface area contributed by atoms with Crippen LogP contribution in [0.2, 0.25) is 0 Å². The second kappa shape index (κ2) is 8.97. The second-order valence-electron chi connectivity index (χ2n) is 6.96. The van der Waals surface area contributed by atoms with Gasteiger partial charge in [-0.3, -0.25) is 9.59 Å². The van der Waals surface area contributed by atoms with E-state index in [0.29, 0.717) is 24.4 Å². The molecule has 146 valence electrons. The first-order chi connectivity index (χ1) is 14.2. The van der Waals surface area contributed by atoms with Gasteiger partial charge in [-0.25, -0.2) is 0 Å². The molecule has 1 heterocycles. The van der Waals surface area contributed by atoms with Crippen molar-refractivity contribution >= 4 is 23.6 Å². The highest BCUT2D eigenvalue weighted by Gasteiger charge is 2.32. The number of rotatable bonds is 6. The topological polar surface area (TPSA) is 49.4 Å². The highest BCUT2D eigenvalue weighted by Crippen LogP contribution is 2.39. The van der Waals surface area contributed by atoms with Crippen molar-refractivity contribution in [3.8, 4) is 0 Å². The van der Waals surface area contributed by atoms with Crippen LogP contribution in [0.1, 0.15) is 32.4 Å². The molecule has 1 aliphatic rings. The average molecular weight is 403 g/mol. The number of thioether (sulfide) groups is 1. The first-order valence-corrected chi connectivity index (χ1v) is 10.6. The Bertz CT molecular complexity index is 975. The number of benzene rings is 3. The minimum absolute atomic E-state index is 0.0239. The normalized spacial score (nSPS) is 16.1. The summed E-state index contributed by atoms with van der Waals surface area (Å²) >= 11 is 1.63. The summed E-state index contributed by atoms with van der Waals surface area (Å²) in [5.74, 6) is 0.529. The Morgan fingerprint density at radius 3 is 2.17 bits per heavy atom. The average Bonchev–Trinajstić information content (AvgIpc) is 3.14. The van der Waals surface area contributed by atoms with Gasteiger partial charge in [0.25, 0.3) is 5.91 Å². The first-order valence-electron chi connectivity index (χ1n) is 9.58. The van der Waals surface area contributed by atoms with Crippen molar-refractivity contribution in [2.75, 3.05) is 5.75 Å². The molecule has 1 atom stereocenters. The summed E-state index contributed by atoms with van der Waals surface area (Å²) in [5, 5.41) is 2.92.